The summed E-state index contributed by atoms with van der Waals surface area (Å²) in [6, 6.07) is 17.8. The molecule has 0 saturated heterocycles. The van der Waals surface area contributed by atoms with Crippen LogP contribution in [0.3, 0.4) is 0 Å². The summed E-state index contributed by atoms with van der Waals surface area (Å²) >= 11 is 0. The van der Waals surface area contributed by atoms with Crippen molar-refractivity contribution in [3.8, 4) is 29.0 Å². The van der Waals surface area contributed by atoms with Gasteiger partial charge in [-0.15, -0.1) is 0 Å². The van der Waals surface area contributed by atoms with Crippen molar-refractivity contribution in [2.75, 3.05) is 13.2 Å². The number of hydrogen-bond acceptors (Lipinski definition) is 4. The predicted molar refractivity (Wildman–Crippen MR) is 103 cm³/mol. The number of aryl methyl sites for hydroxylation is 1. The van der Waals surface area contributed by atoms with Gasteiger partial charge in [0.15, 0.2) is 5.69 Å². The van der Waals surface area contributed by atoms with E-state index in [9.17, 15) is 0 Å². The Hall–Kier alpha value is -3.03. The molecule has 0 bridgehead atoms. The molecule has 1 aromatic heterocycles. The zero-order valence-corrected chi connectivity index (χ0v) is 15.1. The second-order valence-corrected chi connectivity index (χ2v) is 5.81. The van der Waals surface area contributed by atoms with Crippen molar-refractivity contribution in [2.45, 2.75) is 20.4 Å². The molecule has 2 aromatic carbocycles. The summed E-state index contributed by atoms with van der Waals surface area (Å²) in [7, 11) is 0. The highest BCUT2D eigenvalue weighted by Gasteiger charge is 2.08. The lowest BCUT2D eigenvalue weighted by molar-refractivity contribution is 0.369. The monoisotopic (exact) mass is 346 g/mol. The largest absolute Gasteiger partial charge is 0.481 e. The molecule has 3 rings (SSSR count). The molecule has 0 saturated carbocycles. The average Bonchev–Trinajstić information content (AvgIpc) is 3.05. The van der Waals surface area contributed by atoms with Crippen molar-refractivity contribution in [2.24, 2.45) is 0 Å². The third kappa shape index (κ3) is 4.75. The Morgan fingerprint density at radius 2 is 1.96 bits per heavy atom. The number of oxazole rings is 1. The highest BCUT2D eigenvalue weighted by molar-refractivity contribution is 5.54. The molecule has 0 fully saturated rings. The average molecular weight is 346 g/mol. The second kappa shape index (κ2) is 8.89. The minimum Gasteiger partial charge on any atom is -0.481 e. The van der Waals surface area contributed by atoms with Gasteiger partial charge in [-0.3, -0.25) is 0 Å². The highest BCUT2D eigenvalue weighted by Crippen LogP contribution is 2.20. The quantitative estimate of drug-likeness (QED) is 0.680. The van der Waals surface area contributed by atoms with Gasteiger partial charge in [0.25, 0.3) is 0 Å². The fourth-order valence-corrected chi connectivity index (χ4v) is 2.47. The second-order valence-electron chi connectivity index (χ2n) is 5.81. The van der Waals surface area contributed by atoms with E-state index >= 15 is 0 Å². The Labute approximate surface area is 154 Å². The van der Waals surface area contributed by atoms with Crippen LogP contribution in [0.15, 0.2) is 59.0 Å². The van der Waals surface area contributed by atoms with E-state index in [2.05, 4.69) is 35.1 Å². The Morgan fingerprint density at radius 3 is 2.77 bits per heavy atom. The van der Waals surface area contributed by atoms with Gasteiger partial charge >= 0.3 is 0 Å². The maximum Gasteiger partial charge on any atom is 0.227 e. The lowest BCUT2D eigenvalue weighted by Crippen LogP contribution is -2.11. The van der Waals surface area contributed by atoms with Crippen LogP contribution in [0.5, 0.6) is 5.75 Å². The molecule has 4 heteroatoms. The van der Waals surface area contributed by atoms with Crippen molar-refractivity contribution in [1.29, 1.82) is 0 Å². The molecular weight excluding hydrogens is 324 g/mol. The zero-order valence-electron chi connectivity index (χ0n) is 15.1. The van der Waals surface area contributed by atoms with Crippen LogP contribution in [0.2, 0.25) is 0 Å². The third-order valence-corrected chi connectivity index (χ3v) is 3.81. The van der Waals surface area contributed by atoms with Gasteiger partial charge in [0.05, 0.1) is 0 Å². The highest BCUT2D eigenvalue weighted by atomic mass is 16.5. The molecule has 0 spiro atoms. The molecule has 0 aliphatic rings. The number of aromatic nitrogens is 1. The van der Waals surface area contributed by atoms with Crippen molar-refractivity contribution in [3.05, 3.63) is 71.6 Å². The Kier molecular flexibility index (Phi) is 6.08. The number of benzene rings is 2. The van der Waals surface area contributed by atoms with E-state index in [4.69, 9.17) is 9.15 Å². The van der Waals surface area contributed by atoms with Gasteiger partial charge in [0.2, 0.25) is 5.89 Å². The van der Waals surface area contributed by atoms with Crippen LogP contribution >= 0.6 is 0 Å². The predicted octanol–water partition coefficient (Wildman–Crippen LogP) is 4.19. The van der Waals surface area contributed by atoms with Crippen molar-refractivity contribution in [3.63, 3.8) is 0 Å². The van der Waals surface area contributed by atoms with Crippen molar-refractivity contribution in [1.82, 2.24) is 10.3 Å². The Balaban J connectivity index is 1.61. The topological polar surface area (TPSA) is 47.3 Å². The Morgan fingerprint density at radius 1 is 1.12 bits per heavy atom. The third-order valence-electron chi connectivity index (χ3n) is 3.81. The SMILES string of the molecule is CCNCc1cccc(OCC#Cc2nc(-c3ccccc3)oc2C)c1. The van der Waals surface area contributed by atoms with Gasteiger partial charge in [0.1, 0.15) is 18.1 Å². The summed E-state index contributed by atoms with van der Waals surface area (Å²) in [6.07, 6.45) is 0. The van der Waals surface area contributed by atoms with Gasteiger partial charge in [-0.2, -0.15) is 0 Å². The molecule has 1 heterocycles. The van der Waals surface area contributed by atoms with Crippen LogP contribution in [-0.4, -0.2) is 18.1 Å². The number of ether oxygens (including phenoxy) is 1. The first-order valence-corrected chi connectivity index (χ1v) is 8.70. The lowest BCUT2D eigenvalue weighted by atomic mass is 10.2. The van der Waals surface area contributed by atoms with Crippen LogP contribution in [0, 0.1) is 18.8 Å². The van der Waals surface area contributed by atoms with Crippen LogP contribution in [0.1, 0.15) is 23.9 Å². The van der Waals surface area contributed by atoms with Crippen molar-refractivity contribution < 1.29 is 9.15 Å². The molecule has 0 unspecified atom stereocenters. The van der Waals surface area contributed by atoms with Crippen LogP contribution in [0.25, 0.3) is 11.5 Å². The van der Waals surface area contributed by atoms with Crippen LogP contribution in [-0.2, 0) is 6.54 Å². The molecular formula is C22H22N2O2. The van der Waals surface area contributed by atoms with E-state index in [0.29, 0.717) is 24.0 Å². The first kappa shape index (κ1) is 17.8. The number of nitrogens with one attached hydrogen (secondary N) is 1. The van der Waals surface area contributed by atoms with Crippen molar-refractivity contribution >= 4 is 0 Å². The van der Waals surface area contributed by atoms with Gasteiger partial charge < -0.3 is 14.5 Å². The normalized spacial score (nSPS) is 10.2. The minimum atomic E-state index is 0.303. The number of rotatable bonds is 6. The molecule has 1 N–H and O–H groups in total. The summed E-state index contributed by atoms with van der Waals surface area (Å²) in [4.78, 5) is 4.47. The van der Waals surface area contributed by atoms with Gasteiger partial charge in [-0.1, -0.05) is 43.2 Å². The summed E-state index contributed by atoms with van der Waals surface area (Å²) in [6.45, 7) is 6.04. The van der Waals surface area contributed by atoms with Gasteiger partial charge in [-0.25, -0.2) is 4.98 Å². The van der Waals surface area contributed by atoms with E-state index in [1.54, 1.807) is 0 Å². The van der Waals surface area contributed by atoms with Gasteiger partial charge in [-0.05, 0) is 49.2 Å². The molecule has 0 aliphatic heterocycles. The van der Waals surface area contributed by atoms with E-state index in [-0.39, 0.29) is 0 Å². The molecule has 132 valence electrons. The standard InChI is InChI=1S/C22H22N2O2/c1-3-23-16-18-9-7-12-20(15-18)25-14-8-13-21-17(2)26-22(24-21)19-10-5-4-6-11-19/h4-7,9-12,15,23H,3,14,16H2,1-2H3. The molecule has 0 atom stereocenters. The molecule has 4 nitrogen and oxygen atoms in total. The summed E-state index contributed by atoms with van der Waals surface area (Å²) in [5.74, 6) is 8.15. The minimum absolute atomic E-state index is 0.303. The van der Waals surface area contributed by atoms with E-state index in [1.807, 2.05) is 55.5 Å². The fraction of sp³-hybridized carbons (Fsp3) is 0.227. The molecule has 0 amide bonds. The number of hydrogen-bond donors (Lipinski definition) is 1. The first-order chi connectivity index (χ1) is 12.8. The van der Waals surface area contributed by atoms with E-state index in [1.165, 1.54) is 5.56 Å². The molecule has 3 aromatic rings. The first-order valence-electron chi connectivity index (χ1n) is 8.70. The summed E-state index contributed by atoms with van der Waals surface area (Å²) in [5.41, 5.74) is 2.78. The smallest absolute Gasteiger partial charge is 0.227 e. The lowest BCUT2D eigenvalue weighted by Gasteiger charge is -2.05. The molecule has 0 aliphatic carbocycles. The fourth-order valence-electron chi connectivity index (χ4n) is 2.47. The molecule has 26 heavy (non-hydrogen) atoms. The van der Waals surface area contributed by atoms with Crippen LogP contribution in [0.4, 0.5) is 0 Å². The maximum absolute atomic E-state index is 5.72. The van der Waals surface area contributed by atoms with E-state index < -0.39 is 0 Å². The zero-order chi connectivity index (χ0) is 18.2. The molecule has 0 radical (unpaired) electrons. The summed E-state index contributed by atoms with van der Waals surface area (Å²) < 4.78 is 11.4. The maximum atomic E-state index is 5.72. The van der Waals surface area contributed by atoms with Crippen LogP contribution < -0.4 is 10.1 Å². The van der Waals surface area contributed by atoms with E-state index in [0.717, 1.165) is 24.4 Å². The Bertz CT molecular complexity index is 905. The number of nitrogens with zero attached hydrogens (tertiary/aromatic N) is 1. The summed E-state index contributed by atoms with van der Waals surface area (Å²) in [5, 5.41) is 3.30. The van der Waals surface area contributed by atoms with Gasteiger partial charge in [0, 0.05) is 12.1 Å².